The molecule has 0 spiro atoms. The number of hydrogen-bond donors (Lipinski definition) is 1. The van der Waals surface area contributed by atoms with Crippen LogP contribution in [0.1, 0.15) is 6.92 Å². The average Bonchev–Trinajstić information content (AvgIpc) is 1.82. The topological polar surface area (TPSA) is 37.3 Å². The first-order valence-corrected chi connectivity index (χ1v) is 4.56. The van der Waals surface area contributed by atoms with Crippen molar-refractivity contribution in [1.82, 2.24) is 0 Å². The largest absolute Gasteiger partial charge is 0.480 e. The molecule has 0 aliphatic carbocycles. The molecule has 1 atom stereocenters. The minimum Gasteiger partial charge on any atom is -0.480 e. The highest BCUT2D eigenvalue weighted by Crippen LogP contribution is 2.16. The number of carboxylic acids is 1. The van der Waals surface area contributed by atoms with Crippen LogP contribution in [-0.2, 0) is 4.79 Å². The van der Waals surface area contributed by atoms with E-state index >= 15 is 0 Å². The summed E-state index contributed by atoms with van der Waals surface area (Å²) in [6.07, 6.45) is 0. The van der Waals surface area contributed by atoms with Crippen LogP contribution >= 0.6 is 27.7 Å². The highest BCUT2D eigenvalue weighted by Gasteiger charge is 2.10. The Hall–Kier alpha value is 0.0400. The van der Waals surface area contributed by atoms with E-state index in [9.17, 15) is 4.79 Å². The molecular weight excluding hydrogens is 216 g/mol. The lowest BCUT2D eigenvalue weighted by molar-refractivity contribution is -0.136. The van der Waals surface area contributed by atoms with Gasteiger partial charge in [-0.25, -0.2) is 0 Å². The summed E-state index contributed by atoms with van der Waals surface area (Å²) < 4.78 is 0.825. The van der Waals surface area contributed by atoms with E-state index in [2.05, 4.69) is 22.5 Å². The molecule has 0 aromatic heterocycles. The van der Waals surface area contributed by atoms with Crippen molar-refractivity contribution in [2.24, 2.45) is 0 Å². The first-order valence-electron chi connectivity index (χ1n) is 2.71. The molecule has 1 N–H and O–H groups in total. The third-order valence-corrected chi connectivity index (χ3v) is 2.71. The van der Waals surface area contributed by atoms with E-state index in [-0.39, 0.29) is 5.25 Å². The number of carboxylic acid groups (broad SMARTS) is 1. The van der Waals surface area contributed by atoms with E-state index in [4.69, 9.17) is 5.11 Å². The third kappa shape index (κ3) is 4.88. The minimum atomic E-state index is -0.779. The second-order valence-corrected chi connectivity index (χ2v) is 4.26. The summed E-state index contributed by atoms with van der Waals surface area (Å²) in [5.74, 6) is -0.133. The molecule has 0 aromatic rings. The van der Waals surface area contributed by atoms with E-state index < -0.39 is 5.97 Å². The number of halogens is 1. The van der Waals surface area contributed by atoms with E-state index in [1.54, 1.807) is 6.92 Å². The lowest BCUT2D eigenvalue weighted by Gasteiger charge is -2.03. The van der Waals surface area contributed by atoms with Crippen LogP contribution in [0.4, 0.5) is 0 Å². The van der Waals surface area contributed by atoms with Gasteiger partial charge in [0.1, 0.15) is 0 Å². The zero-order valence-electron chi connectivity index (χ0n) is 5.63. The standard InChI is InChI=1S/C6H9BrO2S/c1-4(7)3-10-5(2)6(8)9/h5H,1,3H2,2H3,(H,8,9). The summed E-state index contributed by atoms with van der Waals surface area (Å²) in [7, 11) is 0. The van der Waals surface area contributed by atoms with Crippen LogP contribution in [-0.4, -0.2) is 22.1 Å². The maximum atomic E-state index is 10.2. The maximum Gasteiger partial charge on any atom is 0.316 e. The fourth-order valence-corrected chi connectivity index (χ4v) is 1.26. The summed E-state index contributed by atoms with van der Waals surface area (Å²) in [5, 5.41) is 8.08. The SMILES string of the molecule is C=C(Br)CSC(C)C(=O)O. The number of aliphatic carboxylic acids is 1. The lowest BCUT2D eigenvalue weighted by atomic mass is 10.5. The molecule has 1 unspecified atom stereocenters. The van der Waals surface area contributed by atoms with E-state index in [0.717, 1.165) is 4.48 Å². The quantitative estimate of drug-likeness (QED) is 0.796. The van der Waals surface area contributed by atoms with Crippen LogP contribution in [0.15, 0.2) is 11.1 Å². The highest BCUT2D eigenvalue weighted by molar-refractivity contribution is 9.11. The normalized spacial score (nSPS) is 12.6. The van der Waals surface area contributed by atoms with Crippen LogP contribution in [0.3, 0.4) is 0 Å². The Labute approximate surface area is 72.8 Å². The van der Waals surface area contributed by atoms with Crippen LogP contribution in [0.2, 0.25) is 0 Å². The molecule has 0 radical (unpaired) electrons. The fraction of sp³-hybridized carbons (Fsp3) is 0.500. The molecule has 0 rings (SSSR count). The summed E-state index contributed by atoms with van der Waals surface area (Å²) in [6, 6.07) is 0. The molecule has 4 heteroatoms. The first kappa shape index (κ1) is 10.0. The predicted octanol–water partition coefficient (Wildman–Crippen LogP) is 2.10. The van der Waals surface area contributed by atoms with E-state index in [1.807, 2.05) is 0 Å². The monoisotopic (exact) mass is 224 g/mol. The molecular formula is C6H9BrO2S. The predicted molar refractivity (Wildman–Crippen MR) is 47.6 cm³/mol. The summed E-state index contributed by atoms with van der Waals surface area (Å²) >= 11 is 4.49. The molecule has 0 aliphatic heterocycles. The molecule has 0 amide bonds. The van der Waals surface area contributed by atoms with Gasteiger partial charge in [-0.1, -0.05) is 22.5 Å². The van der Waals surface area contributed by atoms with Gasteiger partial charge in [-0.15, -0.1) is 11.8 Å². The molecule has 0 heterocycles. The van der Waals surface area contributed by atoms with Crippen molar-refractivity contribution in [3.05, 3.63) is 11.1 Å². The van der Waals surface area contributed by atoms with Gasteiger partial charge in [0.15, 0.2) is 0 Å². The van der Waals surface area contributed by atoms with E-state index in [0.29, 0.717) is 5.75 Å². The Morgan fingerprint density at radius 3 is 2.70 bits per heavy atom. The van der Waals surface area contributed by atoms with Gasteiger partial charge in [-0.3, -0.25) is 4.79 Å². The molecule has 2 nitrogen and oxygen atoms in total. The Bertz CT molecular complexity index is 147. The second kappa shape index (κ2) is 4.79. The number of thioether (sulfide) groups is 1. The second-order valence-electron chi connectivity index (χ2n) is 1.81. The summed E-state index contributed by atoms with van der Waals surface area (Å²) in [6.45, 7) is 5.25. The average molecular weight is 225 g/mol. The van der Waals surface area contributed by atoms with Gasteiger partial charge in [-0.05, 0) is 11.4 Å². The summed E-state index contributed by atoms with van der Waals surface area (Å²) in [4.78, 5) is 10.2. The number of hydrogen-bond acceptors (Lipinski definition) is 2. The molecule has 0 fully saturated rings. The zero-order valence-corrected chi connectivity index (χ0v) is 8.04. The van der Waals surface area contributed by atoms with Crippen molar-refractivity contribution in [2.45, 2.75) is 12.2 Å². The molecule has 0 saturated carbocycles. The molecule has 0 aliphatic rings. The van der Waals surface area contributed by atoms with Crippen molar-refractivity contribution >= 4 is 33.7 Å². The van der Waals surface area contributed by atoms with Crippen molar-refractivity contribution < 1.29 is 9.90 Å². The van der Waals surface area contributed by atoms with Gasteiger partial charge in [-0.2, -0.15) is 0 Å². The highest BCUT2D eigenvalue weighted by atomic mass is 79.9. The van der Waals surface area contributed by atoms with E-state index in [1.165, 1.54) is 11.8 Å². The van der Waals surface area contributed by atoms with Crippen LogP contribution in [0, 0.1) is 0 Å². The van der Waals surface area contributed by atoms with Gasteiger partial charge in [0.05, 0.1) is 5.25 Å². The van der Waals surface area contributed by atoms with Crippen LogP contribution < -0.4 is 0 Å². The molecule has 0 aromatic carbocycles. The Kier molecular flexibility index (Phi) is 4.81. The first-order chi connectivity index (χ1) is 4.54. The van der Waals surface area contributed by atoms with Crippen LogP contribution in [0.5, 0.6) is 0 Å². The van der Waals surface area contributed by atoms with Gasteiger partial charge in [0.25, 0.3) is 0 Å². The summed E-state index contributed by atoms with van der Waals surface area (Å²) in [5.41, 5.74) is 0. The van der Waals surface area contributed by atoms with Gasteiger partial charge >= 0.3 is 5.97 Å². The minimum absolute atomic E-state index is 0.353. The third-order valence-electron chi connectivity index (χ3n) is 0.838. The van der Waals surface area contributed by atoms with Crippen molar-refractivity contribution in [3.8, 4) is 0 Å². The molecule has 0 saturated heterocycles. The van der Waals surface area contributed by atoms with Crippen LogP contribution in [0.25, 0.3) is 0 Å². The maximum absolute atomic E-state index is 10.2. The van der Waals surface area contributed by atoms with Crippen molar-refractivity contribution in [3.63, 3.8) is 0 Å². The van der Waals surface area contributed by atoms with Crippen molar-refractivity contribution in [1.29, 1.82) is 0 Å². The molecule has 0 bridgehead atoms. The zero-order chi connectivity index (χ0) is 8.15. The smallest absolute Gasteiger partial charge is 0.316 e. The number of rotatable bonds is 4. The molecule has 10 heavy (non-hydrogen) atoms. The van der Waals surface area contributed by atoms with Crippen molar-refractivity contribution in [2.75, 3.05) is 5.75 Å². The fourth-order valence-electron chi connectivity index (χ4n) is 0.287. The molecule has 58 valence electrons. The van der Waals surface area contributed by atoms with Gasteiger partial charge < -0.3 is 5.11 Å². The Balaban J connectivity index is 3.49. The lowest BCUT2D eigenvalue weighted by Crippen LogP contribution is -2.11. The number of carbonyl (C=O) groups is 1. The van der Waals surface area contributed by atoms with Gasteiger partial charge in [0.2, 0.25) is 0 Å². The Morgan fingerprint density at radius 1 is 1.90 bits per heavy atom. The van der Waals surface area contributed by atoms with Gasteiger partial charge in [0, 0.05) is 5.75 Å². The Morgan fingerprint density at radius 2 is 2.40 bits per heavy atom.